The van der Waals surface area contributed by atoms with Crippen molar-refractivity contribution in [1.82, 2.24) is 4.98 Å². The number of nitroso groups, excluding NO2 is 1. The van der Waals surface area contributed by atoms with E-state index in [9.17, 15) is 15.0 Å². The predicted octanol–water partition coefficient (Wildman–Crippen LogP) is 1.39. The summed E-state index contributed by atoms with van der Waals surface area (Å²) in [5.41, 5.74) is -0.252. The Hall–Kier alpha value is -1.85. The molecule has 0 fully saturated rings. The molecule has 0 aliphatic rings. The van der Waals surface area contributed by atoms with E-state index in [2.05, 4.69) is 10.2 Å². The Labute approximate surface area is 61.0 Å². The van der Waals surface area contributed by atoms with E-state index in [0.29, 0.717) is 0 Å². The summed E-state index contributed by atoms with van der Waals surface area (Å²) < 4.78 is 0. The highest BCUT2D eigenvalue weighted by Gasteiger charge is 2.13. The van der Waals surface area contributed by atoms with Gasteiger partial charge in [0.05, 0.1) is 0 Å². The SMILES string of the molecule is O=Nc1cccnc1[N+](=O)[O-]. The zero-order valence-electron chi connectivity index (χ0n) is 5.30. The van der Waals surface area contributed by atoms with Crippen LogP contribution in [0.5, 0.6) is 0 Å². The minimum atomic E-state index is -0.753. The van der Waals surface area contributed by atoms with Crippen molar-refractivity contribution in [3.63, 3.8) is 0 Å². The Balaban J connectivity index is 3.22. The highest BCUT2D eigenvalue weighted by Crippen LogP contribution is 2.22. The molecule has 0 aliphatic carbocycles. The van der Waals surface area contributed by atoms with Crippen molar-refractivity contribution >= 4 is 11.5 Å². The number of hydrogen-bond acceptors (Lipinski definition) is 5. The predicted molar refractivity (Wildman–Crippen MR) is 36.3 cm³/mol. The zero-order chi connectivity index (χ0) is 8.27. The van der Waals surface area contributed by atoms with Crippen molar-refractivity contribution in [2.45, 2.75) is 0 Å². The molecule has 11 heavy (non-hydrogen) atoms. The Kier molecular flexibility index (Phi) is 1.86. The molecule has 0 N–H and O–H groups in total. The smallest absolute Gasteiger partial charge is 0.358 e. The molecule has 56 valence electrons. The number of nitrogens with zero attached hydrogens (tertiary/aromatic N) is 3. The van der Waals surface area contributed by atoms with Crippen molar-refractivity contribution in [2.24, 2.45) is 5.18 Å². The largest absolute Gasteiger partial charge is 0.393 e. The van der Waals surface area contributed by atoms with Crippen LogP contribution in [0.2, 0.25) is 0 Å². The highest BCUT2D eigenvalue weighted by atomic mass is 16.6. The second-order valence-corrected chi connectivity index (χ2v) is 1.69. The molecule has 0 radical (unpaired) electrons. The van der Waals surface area contributed by atoms with Gasteiger partial charge in [-0.25, -0.2) is 0 Å². The van der Waals surface area contributed by atoms with Crippen LogP contribution in [0.1, 0.15) is 0 Å². The van der Waals surface area contributed by atoms with Crippen molar-refractivity contribution < 1.29 is 4.92 Å². The van der Waals surface area contributed by atoms with Crippen LogP contribution in [0.4, 0.5) is 11.5 Å². The van der Waals surface area contributed by atoms with Gasteiger partial charge in [-0.1, -0.05) is 0 Å². The molecule has 1 aromatic heterocycles. The highest BCUT2D eigenvalue weighted by molar-refractivity contribution is 5.50. The molecule has 0 aliphatic heterocycles. The molecule has 0 atom stereocenters. The molecule has 0 bridgehead atoms. The Morgan fingerprint density at radius 2 is 2.36 bits per heavy atom. The number of pyridine rings is 1. The van der Waals surface area contributed by atoms with E-state index in [4.69, 9.17) is 0 Å². The van der Waals surface area contributed by atoms with E-state index >= 15 is 0 Å². The second-order valence-electron chi connectivity index (χ2n) is 1.69. The van der Waals surface area contributed by atoms with E-state index in [-0.39, 0.29) is 5.69 Å². The average Bonchev–Trinajstić information content (AvgIpc) is 2.04. The molecule has 6 nitrogen and oxygen atoms in total. The van der Waals surface area contributed by atoms with Gasteiger partial charge in [0, 0.05) is 0 Å². The maximum atomic E-state index is 10.1. The normalized spacial score (nSPS) is 9.09. The fourth-order valence-corrected chi connectivity index (χ4v) is 0.600. The van der Waals surface area contributed by atoms with Gasteiger partial charge in [-0.05, 0) is 27.2 Å². The standard InChI is InChI=1S/C5H3N3O3/c9-7-4-2-1-3-6-5(4)8(10)11/h1-3H. The quantitative estimate of drug-likeness (QED) is 0.365. The first-order valence-corrected chi connectivity index (χ1v) is 2.68. The number of nitro groups is 1. The summed E-state index contributed by atoms with van der Waals surface area (Å²) in [6.07, 6.45) is 1.23. The van der Waals surface area contributed by atoms with Gasteiger partial charge < -0.3 is 10.1 Å². The summed E-state index contributed by atoms with van der Waals surface area (Å²) >= 11 is 0. The molecule has 1 heterocycles. The van der Waals surface area contributed by atoms with Crippen LogP contribution < -0.4 is 0 Å². The van der Waals surface area contributed by atoms with Crippen LogP contribution in [0, 0.1) is 15.0 Å². The van der Waals surface area contributed by atoms with Gasteiger partial charge in [-0.15, -0.1) is 4.91 Å². The molecule has 0 amide bonds. The van der Waals surface area contributed by atoms with E-state index in [0.717, 1.165) is 0 Å². The van der Waals surface area contributed by atoms with E-state index in [1.165, 1.54) is 18.3 Å². The van der Waals surface area contributed by atoms with E-state index in [1.54, 1.807) is 0 Å². The number of hydrogen-bond donors (Lipinski definition) is 0. The topological polar surface area (TPSA) is 85.5 Å². The summed E-state index contributed by atoms with van der Waals surface area (Å²) in [6.45, 7) is 0. The fourth-order valence-electron chi connectivity index (χ4n) is 0.600. The van der Waals surface area contributed by atoms with Crippen molar-refractivity contribution in [3.8, 4) is 0 Å². The molecular weight excluding hydrogens is 150 g/mol. The lowest BCUT2D eigenvalue weighted by atomic mass is 10.4. The van der Waals surface area contributed by atoms with Crippen LogP contribution >= 0.6 is 0 Å². The molecule has 6 heteroatoms. The third-order valence-corrected chi connectivity index (χ3v) is 1.04. The van der Waals surface area contributed by atoms with Crippen LogP contribution in [-0.2, 0) is 0 Å². The lowest BCUT2D eigenvalue weighted by molar-refractivity contribution is -0.388. The van der Waals surface area contributed by atoms with Crippen LogP contribution in [0.15, 0.2) is 23.5 Å². The number of aromatic nitrogens is 1. The molecule has 0 saturated carbocycles. The monoisotopic (exact) mass is 153 g/mol. The minimum Gasteiger partial charge on any atom is -0.358 e. The first-order chi connectivity index (χ1) is 5.25. The van der Waals surface area contributed by atoms with Crippen LogP contribution in [-0.4, -0.2) is 9.91 Å². The van der Waals surface area contributed by atoms with Gasteiger partial charge in [0.15, 0.2) is 0 Å². The maximum absolute atomic E-state index is 10.1. The average molecular weight is 153 g/mol. The van der Waals surface area contributed by atoms with Gasteiger partial charge in [-0.2, -0.15) is 0 Å². The Morgan fingerprint density at radius 3 is 2.82 bits per heavy atom. The first-order valence-electron chi connectivity index (χ1n) is 2.68. The zero-order valence-corrected chi connectivity index (χ0v) is 5.30. The molecule has 1 rings (SSSR count). The Bertz CT molecular complexity index is 299. The second kappa shape index (κ2) is 2.82. The van der Waals surface area contributed by atoms with Crippen LogP contribution in [0.3, 0.4) is 0 Å². The van der Waals surface area contributed by atoms with Gasteiger partial charge in [0.2, 0.25) is 5.69 Å². The molecule has 1 aromatic rings. The van der Waals surface area contributed by atoms with E-state index in [1.807, 2.05) is 0 Å². The summed E-state index contributed by atoms with van der Waals surface area (Å²) in [5, 5.41) is 12.6. The molecular formula is C5H3N3O3. The molecule has 0 saturated heterocycles. The van der Waals surface area contributed by atoms with Crippen molar-refractivity contribution in [2.75, 3.05) is 0 Å². The van der Waals surface area contributed by atoms with E-state index < -0.39 is 10.7 Å². The van der Waals surface area contributed by atoms with Gasteiger partial charge >= 0.3 is 5.82 Å². The molecule has 0 aromatic carbocycles. The molecule has 0 unspecified atom stereocenters. The summed E-state index contributed by atoms with van der Waals surface area (Å²) in [6, 6.07) is 2.64. The van der Waals surface area contributed by atoms with Gasteiger partial charge in [-0.3, -0.25) is 0 Å². The third-order valence-electron chi connectivity index (χ3n) is 1.04. The third kappa shape index (κ3) is 1.34. The lowest BCUT2D eigenvalue weighted by Gasteiger charge is -1.90. The lowest BCUT2D eigenvalue weighted by Crippen LogP contribution is -1.90. The maximum Gasteiger partial charge on any atom is 0.393 e. The first kappa shape index (κ1) is 7.26. The number of rotatable bonds is 2. The Morgan fingerprint density at radius 1 is 1.64 bits per heavy atom. The van der Waals surface area contributed by atoms with Gasteiger partial charge in [0.25, 0.3) is 0 Å². The minimum absolute atomic E-state index is 0.252. The summed E-state index contributed by atoms with van der Waals surface area (Å²) in [4.78, 5) is 22.7. The molecule has 0 spiro atoms. The summed E-state index contributed by atoms with van der Waals surface area (Å²) in [7, 11) is 0. The van der Waals surface area contributed by atoms with Crippen LogP contribution in [0.25, 0.3) is 0 Å². The fraction of sp³-hybridized carbons (Fsp3) is 0. The van der Waals surface area contributed by atoms with Crippen molar-refractivity contribution in [3.05, 3.63) is 33.4 Å². The van der Waals surface area contributed by atoms with Gasteiger partial charge in [0.1, 0.15) is 6.20 Å². The van der Waals surface area contributed by atoms with Crippen molar-refractivity contribution in [1.29, 1.82) is 0 Å². The summed E-state index contributed by atoms with van der Waals surface area (Å²) in [5.74, 6) is -0.512.